The number of pyridine rings is 1. The Labute approximate surface area is 104 Å². The van der Waals surface area contributed by atoms with Crippen molar-refractivity contribution in [2.45, 2.75) is 40.2 Å². The van der Waals surface area contributed by atoms with Gasteiger partial charge in [-0.25, -0.2) is 0 Å². The van der Waals surface area contributed by atoms with Crippen molar-refractivity contribution in [2.75, 3.05) is 13.2 Å². The molecule has 17 heavy (non-hydrogen) atoms. The summed E-state index contributed by atoms with van der Waals surface area (Å²) in [5.41, 5.74) is 2.50. The summed E-state index contributed by atoms with van der Waals surface area (Å²) >= 11 is 0. The van der Waals surface area contributed by atoms with Gasteiger partial charge in [0, 0.05) is 25.9 Å². The summed E-state index contributed by atoms with van der Waals surface area (Å²) < 4.78 is 0. The zero-order chi connectivity index (χ0) is 12.7. The van der Waals surface area contributed by atoms with Crippen molar-refractivity contribution in [1.82, 2.24) is 10.3 Å². The Morgan fingerprint density at radius 3 is 2.71 bits per heavy atom. The van der Waals surface area contributed by atoms with Gasteiger partial charge in [0.05, 0.1) is 5.69 Å². The molecule has 1 aromatic rings. The zero-order valence-corrected chi connectivity index (χ0v) is 11.2. The van der Waals surface area contributed by atoms with Crippen molar-refractivity contribution in [2.24, 2.45) is 5.41 Å². The van der Waals surface area contributed by atoms with Crippen molar-refractivity contribution in [3.63, 3.8) is 0 Å². The third-order valence-electron chi connectivity index (χ3n) is 2.89. The fourth-order valence-electron chi connectivity index (χ4n) is 1.78. The number of aryl methyl sites for hydroxylation is 1. The van der Waals surface area contributed by atoms with Gasteiger partial charge >= 0.3 is 0 Å². The number of hydrogen-bond donors (Lipinski definition) is 2. The van der Waals surface area contributed by atoms with E-state index in [0.717, 1.165) is 31.6 Å². The fourth-order valence-corrected chi connectivity index (χ4v) is 1.78. The van der Waals surface area contributed by atoms with Crippen LogP contribution in [0.15, 0.2) is 18.3 Å². The third-order valence-corrected chi connectivity index (χ3v) is 2.89. The predicted molar refractivity (Wildman–Crippen MR) is 70.8 cm³/mol. The largest absolute Gasteiger partial charge is 0.396 e. The molecule has 1 heterocycles. The van der Waals surface area contributed by atoms with Crippen LogP contribution in [0, 0.1) is 12.3 Å². The average molecular weight is 236 g/mol. The van der Waals surface area contributed by atoms with Gasteiger partial charge in [-0.15, -0.1) is 0 Å². The van der Waals surface area contributed by atoms with Crippen LogP contribution in [0.1, 0.15) is 37.9 Å². The van der Waals surface area contributed by atoms with E-state index in [2.05, 4.69) is 36.3 Å². The average Bonchev–Trinajstić information content (AvgIpc) is 2.29. The number of rotatable bonds is 7. The first-order valence-electron chi connectivity index (χ1n) is 6.27. The molecule has 0 saturated carbocycles. The van der Waals surface area contributed by atoms with E-state index in [1.807, 2.05) is 13.1 Å². The van der Waals surface area contributed by atoms with Gasteiger partial charge in [0.2, 0.25) is 0 Å². The molecule has 0 spiro atoms. The second kappa shape index (κ2) is 6.72. The standard InChI is InChI=1S/C14H24N2O/c1-12-5-6-13(16-9-12)10-15-11-14(2,3)7-4-8-17/h5-6,9,15,17H,4,7-8,10-11H2,1-3H3. The highest BCUT2D eigenvalue weighted by Crippen LogP contribution is 2.20. The van der Waals surface area contributed by atoms with Crippen LogP contribution in [0.4, 0.5) is 0 Å². The summed E-state index contributed by atoms with van der Waals surface area (Å²) in [7, 11) is 0. The number of nitrogens with one attached hydrogen (secondary N) is 1. The van der Waals surface area contributed by atoms with Crippen LogP contribution in [-0.2, 0) is 6.54 Å². The first kappa shape index (κ1) is 14.1. The topological polar surface area (TPSA) is 45.1 Å². The molecule has 2 N–H and O–H groups in total. The fraction of sp³-hybridized carbons (Fsp3) is 0.643. The second-order valence-corrected chi connectivity index (χ2v) is 5.42. The lowest BCUT2D eigenvalue weighted by atomic mass is 9.88. The van der Waals surface area contributed by atoms with Crippen molar-refractivity contribution >= 4 is 0 Å². The molecule has 0 bridgehead atoms. The van der Waals surface area contributed by atoms with Gasteiger partial charge in [0.25, 0.3) is 0 Å². The molecule has 1 rings (SSSR count). The summed E-state index contributed by atoms with van der Waals surface area (Å²) in [5, 5.41) is 12.3. The molecule has 0 radical (unpaired) electrons. The molecule has 96 valence electrons. The first-order chi connectivity index (χ1) is 8.03. The van der Waals surface area contributed by atoms with Crippen LogP contribution in [0.2, 0.25) is 0 Å². The highest BCUT2D eigenvalue weighted by molar-refractivity contribution is 5.11. The Morgan fingerprint density at radius 2 is 2.12 bits per heavy atom. The number of hydrogen-bond acceptors (Lipinski definition) is 3. The second-order valence-electron chi connectivity index (χ2n) is 5.42. The summed E-state index contributed by atoms with van der Waals surface area (Å²) in [6, 6.07) is 4.14. The Balaban J connectivity index is 2.29. The maximum Gasteiger partial charge on any atom is 0.0541 e. The van der Waals surface area contributed by atoms with Crippen LogP contribution in [0.5, 0.6) is 0 Å². The zero-order valence-electron chi connectivity index (χ0n) is 11.2. The molecule has 0 aliphatic heterocycles. The Bertz CT molecular complexity index is 319. The molecule has 0 aliphatic rings. The number of aromatic nitrogens is 1. The molecule has 0 amide bonds. The maximum atomic E-state index is 8.83. The summed E-state index contributed by atoms with van der Waals surface area (Å²) in [6.45, 7) is 8.52. The summed E-state index contributed by atoms with van der Waals surface area (Å²) in [5.74, 6) is 0. The van der Waals surface area contributed by atoms with E-state index in [4.69, 9.17) is 5.11 Å². The highest BCUT2D eigenvalue weighted by atomic mass is 16.2. The van der Waals surface area contributed by atoms with E-state index in [1.165, 1.54) is 5.56 Å². The van der Waals surface area contributed by atoms with E-state index < -0.39 is 0 Å². The maximum absolute atomic E-state index is 8.83. The molecular formula is C14H24N2O. The van der Waals surface area contributed by atoms with Crippen LogP contribution < -0.4 is 5.32 Å². The molecule has 0 atom stereocenters. The van der Waals surface area contributed by atoms with Gasteiger partial charge in [0.1, 0.15) is 0 Å². The molecule has 0 aromatic carbocycles. The molecule has 0 saturated heterocycles. The molecule has 1 aromatic heterocycles. The summed E-state index contributed by atoms with van der Waals surface area (Å²) in [4.78, 5) is 4.36. The third kappa shape index (κ3) is 5.80. The van der Waals surface area contributed by atoms with Gasteiger partial charge in [-0.3, -0.25) is 4.98 Å². The molecule has 3 nitrogen and oxygen atoms in total. The lowest BCUT2D eigenvalue weighted by Crippen LogP contribution is -2.29. The van der Waals surface area contributed by atoms with E-state index >= 15 is 0 Å². The lowest BCUT2D eigenvalue weighted by Gasteiger charge is -2.24. The number of aliphatic hydroxyl groups is 1. The monoisotopic (exact) mass is 236 g/mol. The summed E-state index contributed by atoms with van der Waals surface area (Å²) in [6.07, 6.45) is 3.81. The normalized spacial score (nSPS) is 11.8. The van der Waals surface area contributed by atoms with E-state index in [9.17, 15) is 0 Å². The molecule has 0 unspecified atom stereocenters. The van der Waals surface area contributed by atoms with E-state index in [-0.39, 0.29) is 12.0 Å². The van der Waals surface area contributed by atoms with Crippen LogP contribution in [0.25, 0.3) is 0 Å². The van der Waals surface area contributed by atoms with Crippen LogP contribution in [-0.4, -0.2) is 23.2 Å². The predicted octanol–water partition coefficient (Wildman–Crippen LogP) is 2.28. The quantitative estimate of drug-likeness (QED) is 0.763. The van der Waals surface area contributed by atoms with Gasteiger partial charge in [0.15, 0.2) is 0 Å². The minimum absolute atomic E-state index is 0.230. The van der Waals surface area contributed by atoms with E-state index in [0.29, 0.717) is 0 Å². The minimum Gasteiger partial charge on any atom is -0.396 e. The van der Waals surface area contributed by atoms with Gasteiger partial charge < -0.3 is 10.4 Å². The number of aliphatic hydroxyl groups excluding tert-OH is 1. The van der Waals surface area contributed by atoms with Crippen LogP contribution in [0.3, 0.4) is 0 Å². The smallest absolute Gasteiger partial charge is 0.0541 e. The van der Waals surface area contributed by atoms with Crippen molar-refractivity contribution in [3.8, 4) is 0 Å². The Hall–Kier alpha value is -0.930. The minimum atomic E-state index is 0.230. The van der Waals surface area contributed by atoms with Gasteiger partial charge in [-0.2, -0.15) is 0 Å². The first-order valence-corrected chi connectivity index (χ1v) is 6.27. The van der Waals surface area contributed by atoms with Crippen molar-refractivity contribution < 1.29 is 5.11 Å². The van der Waals surface area contributed by atoms with E-state index in [1.54, 1.807) is 0 Å². The molecule has 0 aliphatic carbocycles. The van der Waals surface area contributed by atoms with Crippen LogP contribution >= 0.6 is 0 Å². The Morgan fingerprint density at radius 1 is 1.35 bits per heavy atom. The van der Waals surface area contributed by atoms with Gasteiger partial charge in [-0.1, -0.05) is 19.9 Å². The van der Waals surface area contributed by atoms with Crippen molar-refractivity contribution in [3.05, 3.63) is 29.6 Å². The van der Waals surface area contributed by atoms with Crippen molar-refractivity contribution in [1.29, 1.82) is 0 Å². The SMILES string of the molecule is Cc1ccc(CNCC(C)(C)CCCO)nc1. The number of nitrogens with zero attached hydrogens (tertiary/aromatic N) is 1. The molecule has 3 heteroatoms. The Kier molecular flexibility index (Phi) is 5.59. The molecular weight excluding hydrogens is 212 g/mol. The lowest BCUT2D eigenvalue weighted by molar-refractivity contribution is 0.236. The molecule has 0 fully saturated rings. The van der Waals surface area contributed by atoms with Gasteiger partial charge in [-0.05, 0) is 36.8 Å². The highest BCUT2D eigenvalue weighted by Gasteiger charge is 2.16.